The largest absolute Gasteiger partial charge is 0.479 e. The Kier molecular flexibility index (Phi) is 6.66. The maximum atomic E-state index is 13.2. The van der Waals surface area contributed by atoms with Gasteiger partial charge in [0.15, 0.2) is 0 Å². The Hall–Kier alpha value is -1.13. The van der Waals surface area contributed by atoms with Crippen LogP contribution in [0.15, 0.2) is 0 Å². The van der Waals surface area contributed by atoms with E-state index in [4.69, 9.17) is 5.11 Å². The molecule has 0 amide bonds. The van der Waals surface area contributed by atoms with Crippen molar-refractivity contribution < 1.29 is 23.8 Å². The first-order valence-corrected chi connectivity index (χ1v) is 5.08. The molecule has 0 fully saturated rings. The summed E-state index contributed by atoms with van der Waals surface area (Å²) >= 11 is 0. The Morgan fingerprint density at radius 1 is 1.40 bits per heavy atom. The van der Waals surface area contributed by atoms with Crippen LogP contribution in [-0.2, 0) is 14.3 Å². The number of ether oxygens (including phenoxy) is 1. The Balaban J connectivity index is 4.41. The third kappa shape index (κ3) is 4.76. The predicted molar refractivity (Wildman–Crippen MR) is 52.2 cm³/mol. The van der Waals surface area contributed by atoms with Gasteiger partial charge in [0, 0.05) is 0 Å². The number of carbonyl (C=O) groups excluding carboxylic acids is 1. The minimum atomic E-state index is -2.17. The zero-order valence-electron chi connectivity index (χ0n) is 9.03. The Bertz CT molecular complexity index is 217. The van der Waals surface area contributed by atoms with E-state index in [1.54, 1.807) is 6.92 Å². The van der Waals surface area contributed by atoms with Gasteiger partial charge in [0.05, 0.1) is 12.5 Å². The highest BCUT2D eigenvalue weighted by atomic mass is 19.1. The van der Waals surface area contributed by atoms with Crippen molar-refractivity contribution in [2.24, 2.45) is 5.92 Å². The van der Waals surface area contributed by atoms with Gasteiger partial charge in [-0.25, -0.2) is 9.18 Å². The number of hydrogen-bond donors (Lipinski definition) is 1. The average Bonchev–Trinajstić information content (AvgIpc) is 2.18. The van der Waals surface area contributed by atoms with Crippen LogP contribution in [0.25, 0.3) is 0 Å². The van der Waals surface area contributed by atoms with Gasteiger partial charge in [-0.15, -0.1) is 0 Å². The Labute approximate surface area is 88.4 Å². The first kappa shape index (κ1) is 13.9. The highest BCUT2D eigenvalue weighted by Gasteiger charge is 2.34. The smallest absolute Gasteiger partial charge is 0.339 e. The van der Waals surface area contributed by atoms with Crippen LogP contribution >= 0.6 is 0 Å². The molecule has 0 spiro atoms. The summed E-state index contributed by atoms with van der Waals surface area (Å²) in [4.78, 5) is 21.7. The van der Waals surface area contributed by atoms with Gasteiger partial charge < -0.3 is 9.84 Å². The van der Waals surface area contributed by atoms with Crippen LogP contribution in [-0.4, -0.2) is 29.8 Å². The Morgan fingerprint density at radius 2 is 2.00 bits per heavy atom. The molecule has 0 heterocycles. The highest BCUT2D eigenvalue weighted by molar-refractivity contribution is 5.82. The van der Waals surface area contributed by atoms with Gasteiger partial charge in [-0.05, 0) is 13.3 Å². The molecule has 0 aliphatic heterocycles. The fourth-order valence-electron chi connectivity index (χ4n) is 1.23. The summed E-state index contributed by atoms with van der Waals surface area (Å²) in [7, 11) is 0. The molecule has 0 bridgehead atoms. The number of carboxylic acids is 1. The van der Waals surface area contributed by atoms with E-state index in [2.05, 4.69) is 4.74 Å². The van der Waals surface area contributed by atoms with Crippen molar-refractivity contribution in [1.82, 2.24) is 0 Å². The maximum Gasteiger partial charge on any atom is 0.339 e. The van der Waals surface area contributed by atoms with Crippen LogP contribution in [0.3, 0.4) is 0 Å². The molecule has 0 aromatic carbocycles. The van der Waals surface area contributed by atoms with E-state index in [1.165, 1.54) is 0 Å². The molecule has 0 aromatic heterocycles. The van der Waals surface area contributed by atoms with Crippen LogP contribution < -0.4 is 0 Å². The van der Waals surface area contributed by atoms with Gasteiger partial charge in [-0.1, -0.05) is 19.8 Å². The number of unbranched alkanes of at least 4 members (excludes halogenated alkanes) is 1. The van der Waals surface area contributed by atoms with Gasteiger partial charge in [0.2, 0.25) is 6.17 Å². The second kappa shape index (κ2) is 7.20. The van der Waals surface area contributed by atoms with Gasteiger partial charge >= 0.3 is 11.9 Å². The van der Waals surface area contributed by atoms with Crippen molar-refractivity contribution in [2.45, 2.75) is 39.3 Å². The van der Waals surface area contributed by atoms with Crippen molar-refractivity contribution in [2.75, 3.05) is 6.61 Å². The number of alkyl halides is 1. The molecule has 0 radical (unpaired) electrons. The average molecular weight is 220 g/mol. The number of hydrogen-bond acceptors (Lipinski definition) is 3. The van der Waals surface area contributed by atoms with Crippen molar-refractivity contribution >= 4 is 11.9 Å². The fraction of sp³-hybridized carbons (Fsp3) is 0.800. The number of carboxylic acid groups (broad SMARTS) is 1. The van der Waals surface area contributed by atoms with E-state index in [-0.39, 0.29) is 13.0 Å². The molecule has 1 N–H and O–H groups in total. The summed E-state index contributed by atoms with van der Waals surface area (Å²) in [6, 6.07) is 0. The van der Waals surface area contributed by atoms with Crippen LogP contribution in [0.1, 0.15) is 33.1 Å². The second-order valence-electron chi connectivity index (χ2n) is 3.24. The standard InChI is InChI=1S/C10H17FO4/c1-3-5-6-7(8(11)9(12)13)10(14)15-4-2/h7-8H,3-6H2,1-2H3,(H,12,13). The lowest BCUT2D eigenvalue weighted by atomic mass is 9.97. The monoisotopic (exact) mass is 220 g/mol. The summed E-state index contributed by atoms with van der Waals surface area (Å²) in [5.74, 6) is -3.55. The van der Waals surface area contributed by atoms with Crippen LogP contribution in [0.2, 0.25) is 0 Å². The molecular formula is C10H17FO4. The Morgan fingerprint density at radius 3 is 2.40 bits per heavy atom. The molecular weight excluding hydrogens is 203 g/mol. The summed E-state index contributed by atoms with van der Waals surface area (Å²) in [6.07, 6.45) is -0.571. The maximum absolute atomic E-state index is 13.2. The zero-order valence-corrected chi connectivity index (χ0v) is 9.03. The van der Waals surface area contributed by atoms with Gasteiger partial charge in [-0.3, -0.25) is 4.79 Å². The van der Waals surface area contributed by atoms with Crippen molar-refractivity contribution in [3.8, 4) is 0 Å². The quantitative estimate of drug-likeness (QED) is 0.664. The molecule has 2 atom stereocenters. The van der Waals surface area contributed by atoms with E-state index >= 15 is 0 Å². The molecule has 5 heteroatoms. The van der Waals surface area contributed by atoms with Crippen molar-refractivity contribution in [1.29, 1.82) is 0 Å². The van der Waals surface area contributed by atoms with Crippen molar-refractivity contribution in [3.63, 3.8) is 0 Å². The first-order valence-electron chi connectivity index (χ1n) is 5.08. The van der Waals surface area contributed by atoms with Gasteiger partial charge in [0.1, 0.15) is 0 Å². The minimum Gasteiger partial charge on any atom is -0.479 e. The third-order valence-corrected chi connectivity index (χ3v) is 2.05. The number of aliphatic carboxylic acids is 1. The van der Waals surface area contributed by atoms with E-state index < -0.39 is 24.0 Å². The van der Waals surface area contributed by atoms with E-state index in [1.807, 2.05) is 6.92 Å². The summed E-state index contributed by atoms with van der Waals surface area (Å²) in [5, 5.41) is 8.49. The number of carbonyl (C=O) groups is 2. The topological polar surface area (TPSA) is 63.6 Å². The summed E-state index contributed by atoms with van der Waals surface area (Å²) in [6.45, 7) is 3.62. The second-order valence-corrected chi connectivity index (χ2v) is 3.24. The summed E-state index contributed by atoms with van der Waals surface area (Å²) < 4.78 is 17.8. The van der Waals surface area contributed by atoms with Crippen molar-refractivity contribution in [3.05, 3.63) is 0 Å². The van der Waals surface area contributed by atoms with Crippen LogP contribution in [0, 0.1) is 5.92 Å². The molecule has 0 saturated carbocycles. The molecule has 4 nitrogen and oxygen atoms in total. The SMILES string of the molecule is CCCCC(C(=O)OCC)C(F)C(=O)O. The lowest BCUT2D eigenvalue weighted by Crippen LogP contribution is -2.32. The minimum absolute atomic E-state index is 0.133. The van der Waals surface area contributed by atoms with E-state index in [9.17, 15) is 14.0 Å². The van der Waals surface area contributed by atoms with Gasteiger partial charge in [-0.2, -0.15) is 0 Å². The molecule has 2 unspecified atom stereocenters. The molecule has 0 aliphatic carbocycles. The van der Waals surface area contributed by atoms with Crippen LogP contribution in [0.5, 0.6) is 0 Å². The number of halogens is 1. The fourth-order valence-corrected chi connectivity index (χ4v) is 1.23. The first-order chi connectivity index (χ1) is 7.04. The van der Waals surface area contributed by atoms with Crippen LogP contribution in [0.4, 0.5) is 4.39 Å². The summed E-state index contributed by atoms with van der Waals surface area (Å²) in [5.41, 5.74) is 0. The highest BCUT2D eigenvalue weighted by Crippen LogP contribution is 2.18. The van der Waals surface area contributed by atoms with Gasteiger partial charge in [0.25, 0.3) is 0 Å². The molecule has 0 aromatic rings. The van der Waals surface area contributed by atoms with E-state index in [0.29, 0.717) is 6.42 Å². The normalized spacial score (nSPS) is 14.3. The molecule has 15 heavy (non-hydrogen) atoms. The molecule has 0 saturated heterocycles. The molecule has 0 aliphatic rings. The predicted octanol–water partition coefficient (Wildman–Crippen LogP) is 1.78. The number of esters is 1. The lowest BCUT2D eigenvalue weighted by Gasteiger charge is -2.16. The molecule has 88 valence electrons. The molecule has 0 rings (SSSR count). The number of rotatable bonds is 7. The zero-order chi connectivity index (χ0) is 11.8. The van der Waals surface area contributed by atoms with E-state index in [0.717, 1.165) is 6.42 Å². The lowest BCUT2D eigenvalue weighted by molar-refractivity contribution is -0.158. The third-order valence-electron chi connectivity index (χ3n) is 2.05.